The quantitative estimate of drug-likeness (QED) is 0.691. The number of halogens is 1. The molecule has 0 heterocycles. The zero-order chi connectivity index (χ0) is 13.1. The van der Waals surface area contributed by atoms with Gasteiger partial charge in [-0.25, -0.2) is 0 Å². The van der Waals surface area contributed by atoms with Crippen LogP contribution in [-0.2, 0) is 11.0 Å². The Morgan fingerprint density at radius 2 is 1.88 bits per heavy atom. The van der Waals surface area contributed by atoms with Gasteiger partial charge in [-0.2, -0.15) is 0 Å². The maximum absolute atomic E-state index is 6.13. The molecule has 3 heteroatoms. The van der Waals surface area contributed by atoms with Crippen molar-refractivity contribution in [1.29, 1.82) is 0 Å². The Morgan fingerprint density at radius 3 is 2.41 bits per heavy atom. The Morgan fingerprint density at radius 1 is 1.24 bits per heavy atom. The van der Waals surface area contributed by atoms with E-state index < -0.39 is 8.32 Å². The second-order valence-corrected chi connectivity index (χ2v) is 11.0. The summed E-state index contributed by atoms with van der Waals surface area (Å²) >= 11 is 5.96. The molecule has 0 amide bonds. The first kappa shape index (κ1) is 14.7. The standard InChI is InChI=1S/C14H23ClOSi/c1-14(2,3)11-17(4,5)16-10-12-7-6-8-13(15)9-12/h6-9H,10-11H2,1-5H3. The lowest BCUT2D eigenvalue weighted by Gasteiger charge is -2.30. The van der Waals surface area contributed by atoms with Crippen molar-refractivity contribution >= 4 is 19.9 Å². The van der Waals surface area contributed by atoms with Crippen LogP contribution in [0.25, 0.3) is 0 Å². The van der Waals surface area contributed by atoms with Crippen molar-refractivity contribution in [2.75, 3.05) is 0 Å². The molecular weight excluding hydrogens is 248 g/mol. The molecule has 1 rings (SSSR count). The average molecular weight is 271 g/mol. The van der Waals surface area contributed by atoms with Crippen LogP contribution in [0.4, 0.5) is 0 Å². The van der Waals surface area contributed by atoms with Gasteiger partial charge in [0.15, 0.2) is 8.32 Å². The van der Waals surface area contributed by atoms with E-state index >= 15 is 0 Å². The number of hydrogen-bond donors (Lipinski definition) is 0. The highest BCUT2D eigenvalue weighted by Crippen LogP contribution is 2.29. The first-order valence-electron chi connectivity index (χ1n) is 6.06. The largest absolute Gasteiger partial charge is 0.413 e. The van der Waals surface area contributed by atoms with Crippen LogP contribution >= 0.6 is 11.6 Å². The summed E-state index contributed by atoms with van der Waals surface area (Å²) in [5, 5.41) is 0.779. The summed E-state index contributed by atoms with van der Waals surface area (Å²) in [5.41, 5.74) is 1.50. The van der Waals surface area contributed by atoms with E-state index in [0.717, 1.165) is 10.6 Å². The fraction of sp³-hybridized carbons (Fsp3) is 0.571. The molecule has 0 bridgehead atoms. The molecule has 1 aromatic carbocycles. The molecule has 0 N–H and O–H groups in total. The van der Waals surface area contributed by atoms with Gasteiger partial charge in [0.2, 0.25) is 0 Å². The van der Waals surface area contributed by atoms with E-state index in [1.54, 1.807) is 0 Å². The maximum atomic E-state index is 6.13. The molecule has 0 saturated carbocycles. The summed E-state index contributed by atoms with van der Waals surface area (Å²) in [5.74, 6) is 0. The molecule has 17 heavy (non-hydrogen) atoms. The molecule has 0 saturated heterocycles. The second kappa shape index (κ2) is 5.55. The molecule has 0 unspecified atom stereocenters. The van der Waals surface area contributed by atoms with E-state index in [4.69, 9.17) is 16.0 Å². The van der Waals surface area contributed by atoms with Crippen molar-refractivity contribution in [3.8, 4) is 0 Å². The highest BCUT2D eigenvalue weighted by Gasteiger charge is 2.29. The predicted octanol–water partition coefficient (Wildman–Crippen LogP) is 5.11. The third-order valence-corrected chi connectivity index (χ3v) is 5.55. The van der Waals surface area contributed by atoms with Gasteiger partial charge in [0, 0.05) is 5.02 Å². The fourth-order valence-electron chi connectivity index (χ4n) is 2.23. The lowest BCUT2D eigenvalue weighted by molar-refractivity contribution is 0.280. The van der Waals surface area contributed by atoms with Gasteiger partial charge in [0.1, 0.15) is 0 Å². The molecule has 0 aromatic heterocycles. The topological polar surface area (TPSA) is 9.23 Å². The van der Waals surface area contributed by atoms with Crippen LogP contribution in [0, 0.1) is 5.41 Å². The minimum atomic E-state index is -1.58. The summed E-state index contributed by atoms with van der Waals surface area (Å²) < 4.78 is 6.13. The summed E-state index contributed by atoms with van der Waals surface area (Å²) in [7, 11) is -1.58. The zero-order valence-corrected chi connectivity index (χ0v) is 13.3. The Hall–Kier alpha value is -0.313. The van der Waals surface area contributed by atoms with Crippen molar-refractivity contribution < 1.29 is 4.43 Å². The van der Waals surface area contributed by atoms with Crippen molar-refractivity contribution in [3.05, 3.63) is 34.9 Å². The summed E-state index contributed by atoms with van der Waals surface area (Å²) in [6.45, 7) is 12.0. The summed E-state index contributed by atoms with van der Waals surface area (Å²) in [4.78, 5) is 0. The van der Waals surface area contributed by atoms with Crippen LogP contribution in [0.5, 0.6) is 0 Å². The van der Waals surface area contributed by atoms with Gasteiger partial charge in [-0.3, -0.25) is 0 Å². The maximum Gasteiger partial charge on any atom is 0.187 e. The smallest absolute Gasteiger partial charge is 0.187 e. The highest BCUT2D eigenvalue weighted by molar-refractivity contribution is 6.71. The summed E-state index contributed by atoms with van der Waals surface area (Å²) in [6, 6.07) is 9.07. The molecule has 0 spiro atoms. The molecule has 1 nitrogen and oxygen atoms in total. The monoisotopic (exact) mass is 270 g/mol. The van der Waals surface area contributed by atoms with Gasteiger partial charge in [0.25, 0.3) is 0 Å². The molecule has 0 aliphatic rings. The van der Waals surface area contributed by atoms with Gasteiger partial charge in [-0.05, 0) is 42.2 Å². The Bertz CT molecular complexity index is 369. The highest BCUT2D eigenvalue weighted by atomic mass is 35.5. The second-order valence-electron chi connectivity index (χ2n) is 6.42. The normalized spacial score (nSPS) is 12.8. The minimum Gasteiger partial charge on any atom is -0.413 e. The number of rotatable bonds is 4. The molecule has 0 aliphatic heterocycles. The van der Waals surface area contributed by atoms with E-state index in [9.17, 15) is 0 Å². The van der Waals surface area contributed by atoms with E-state index in [2.05, 4.69) is 39.9 Å². The van der Waals surface area contributed by atoms with Gasteiger partial charge in [0.05, 0.1) is 6.61 Å². The molecule has 0 atom stereocenters. The van der Waals surface area contributed by atoms with Crippen LogP contribution in [0.2, 0.25) is 24.2 Å². The third-order valence-electron chi connectivity index (χ3n) is 2.47. The summed E-state index contributed by atoms with van der Waals surface area (Å²) in [6.07, 6.45) is 0. The average Bonchev–Trinajstić information content (AvgIpc) is 2.11. The van der Waals surface area contributed by atoms with Crippen molar-refractivity contribution in [1.82, 2.24) is 0 Å². The van der Waals surface area contributed by atoms with E-state index in [-0.39, 0.29) is 0 Å². The first-order chi connectivity index (χ1) is 7.68. The lowest BCUT2D eigenvalue weighted by atomic mass is 10.0. The number of benzene rings is 1. The van der Waals surface area contributed by atoms with E-state index in [1.807, 2.05) is 18.2 Å². The molecule has 1 aromatic rings. The van der Waals surface area contributed by atoms with E-state index in [1.165, 1.54) is 6.04 Å². The van der Waals surface area contributed by atoms with Crippen LogP contribution < -0.4 is 0 Å². The van der Waals surface area contributed by atoms with Gasteiger partial charge in [-0.1, -0.05) is 44.5 Å². The fourth-order valence-corrected chi connectivity index (χ4v) is 5.66. The molecule has 96 valence electrons. The minimum absolute atomic E-state index is 0.337. The molecule has 0 fully saturated rings. The van der Waals surface area contributed by atoms with Crippen molar-refractivity contribution in [2.45, 2.75) is 46.5 Å². The van der Waals surface area contributed by atoms with Gasteiger partial charge >= 0.3 is 0 Å². The third kappa shape index (κ3) is 6.25. The van der Waals surface area contributed by atoms with Crippen LogP contribution in [0.3, 0.4) is 0 Å². The molecule has 0 radical (unpaired) electrons. The first-order valence-corrected chi connectivity index (χ1v) is 9.56. The lowest BCUT2D eigenvalue weighted by Crippen LogP contribution is -2.34. The van der Waals surface area contributed by atoms with Crippen LogP contribution in [0.15, 0.2) is 24.3 Å². The Labute approximate surface area is 111 Å². The Kier molecular flexibility index (Phi) is 4.82. The van der Waals surface area contributed by atoms with Gasteiger partial charge < -0.3 is 4.43 Å². The van der Waals surface area contributed by atoms with Crippen LogP contribution in [-0.4, -0.2) is 8.32 Å². The van der Waals surface area contributed by atoms with Crippen molar-refractivity contribution in [2.24, 2.45) is 5.41 Å². The number of hydrogen-bond acceptors (Lipinski definition) is 1. The van der Waals surface area contributed by atoms with E-state index in [0.29, 0.717) is 12.0 Å². The predicted molar refractivity (Wildman–Crippen MR) is 78.0 cm³/mol. The van der Waals surface area contributed by atoms with Crippen LogP contribution in [0.1, 0.15) is 26.3 Å². The molecule has 0 aliphatic carbocycles. The molecular formula is C14H23ClOSi. The zero-order valence-electron chi connectivity index (χ0n) is 11.5. The SMILES string of the molecule is CC(C)(C)C[Si](C)(C)OCc1cccc(Cl)c1. The Balaban J connectivity index is 2.55. The van der Waals surface area contributed by atoms with Gasteiger partial charge in [-0.15, -0.1) is 0 Å². The van der Waals surface area contributed by atoms with Crippen molar-refractivity contribution in [3.63, 3.8) is 0 Å².